The molecule has 1 aliphatic carbocycles. The Morgan fingerprint density at radius 3 is 2.45 bits per heavy atom. The van der Waals surface area contributed by atoms with E-state index in [9.17, 15) is 0 Å². The maximum atomic E-state index is 5.73. The van der Waals surface area contributed by atoms with Crippen molar-refractivity contribution in [3.05, 3.63) is 88.8 Å². The predicted octanol–water partition coefficient (Wildman–Crippen LogP) is 2.76. The monoisotopic (exact) mass is 259 g/mol. The molecule has 0 atom stereocenters. The highest BCUT2D eigenvalue weighted by Gasteiger charge is 1.97. The smallest absolute Gasteiger partial charge is 0.0314 e. The van der Waals surface area contributed by atoms with Gasteiger partial charge in [-0.2, -0.15) is 0 Å². The fourth-order valence-corrected chi connectivity index (χ4v) is 2.40. The van der Waals surface area contributed by atoms with Gasteiger partial charge >= 0.3 is 0 Å². The predicted molar refractivity (Wildman–Crippen MR) is 86.4 cm³/mol. The number of hydrogen-bond acceptors (Lipinski definition) is 1. The summed E-state index contributed by atoms with van der Waals surface area (Å²) in [5.41, 5.74) is 9.05. The molecule has 0 aromatic heterocycles. The van der Waals surface area contributed by atoms with Crippen LogP contribution >= 0.6 is 0 Å². The molecule has 0 amide bonds. The molecule has 0 heterocycles. The van der Waals surface area contributed by atoms with E-state index >= 15 is 0 Å². The summed E-state index contributed by atoms with van der Waals surface area (Å²) >= 11 is 0. The van der Waals surface area contributed by atoms with Crippen LogP contribution in [0.25, 0.3) is 11.6 Å². The molecule has 0 saturated heterocycles. The second-order valence-corrected chi connectivity index (χ2v) is 4.91. The van der Waals surface area contributed by atoms with Gasteiger partial charge in [-0.25, -0.2) is 0 Å². The third-order valence-electron chi connectivity index (χ3n) is 3.45. The molecule has 0 bridgehead atoms. The number of benzene rings is 2. The fourth-order valence-electron chi connectivity index (χ4n) is 2.40. The lowest BCUT2D eigenvalue weighted by Crippen LogP contribution is -2.26. The van der Waals surface area contributed by atoms with Crippen LogP contribution in [-0.2, 0) is 0 Å². The van der Waals surface area contributed by atoms with E-state index in [1.807, 2.05) is 24.3 Å². The summed E-state index contributed by atoms with van der Waals surface area (Å²) < 4.78 is 0. The van der Waals surface area contributed by atoms with Crippen LogP contribution in [0, 0.1) is 0 Å². The van der Waals surface area contributed by atoms with E-state index in [-0.39, 0.29) is 0 Å². The molecular weight excluding hydrogens is 242 g/mol. The number of anilines is 1. The molecule has 20 heavy (non-hydrogen) atoms. The van der Waals surface area contributed by atoms with Gasteiger partial charge < -0.3 is 5.73 Å². The molecule has 2 N–H and O–H groups in total. The average Bonchev–Trinajstić information content (AvgIpc) is 2.51. The van der Waals surface area contributed by atoms with Crippen LogP contribution in [0.4, 0.5) is 5.69 Å². The standard InChI is InChI=1S/C19H17N/c20-18-12-10-15(11-13-18)14-17-8-4-5-9-19(17)16-6-2-1-3-7-16/h1-6,8-14H,7,20H2. The van der Waals surface area contributed by atoms with Crippen molar-refractivity contribution in [3.8, 4) is 0 Å². The van der Waals surface area contributed by atoms with Crippen LogP contribution in [0.2, 0.25) is 0 Å². The van der Waals surface area contributed by atoms with E-state index in [0.29, 0.717) is 0 Å². The first-order valence-corrected chi connectivity index (χ1v) is 6.82. The fraction of sp³-hybridized carbons (Fsp3) is 0.0526. The molecule has 0 fully saturated rings. The largest absolute Gasteiger partial charge is 0.399 e. The van der Waals surface area contributed by atoms with Crippen molar-refractivity contribution in [1.82, 2.24) is 0 Å². The summed E-state index contributed by atoms with van der Waals surface area (Å²) in [4.78, 5) is 0. The highest BCUT2D eigenvalue weighted by molar-refractivity contribution is 5.62. The normalized spacial score (nSPS) is 17.5. The molecule has 1 nitrogen and oxygen atoms in total. The van der Waals surface area contributed by atoms with Crippen molar-refractivity contribution in [3.63, 3.8) is 0 Å². The number of nitrogen functional groups attached to an aromatic ring is 1. The summed E-state index contributed by atoms with van der Waals surface area (Å²) in [6.07, 6.45) is 11.8. The molecule has 0 spiro atoms. The molecule has 98 valence electrons. The third-order valence-corrected chi connectivity index (χ3v) is 3.45. The van der Waals surface area contributed by atoms with Gasteiger partial charge in [0.15, 0.2) is 0 Å². The van der Waals surface area contributed by atoms with Crippen molar-refractivity contribution in [2.75, 3.05) is 5.73 Å². The SMILES string of the molecule is Nc1ccc(C=c2ccccc2=C2C=CC=CC2)cc1. The summed E-state index contributed by atoms with van der Waals surface area (Å²) in [6, 6.07) is 16.5. The van der Waals surface area contributed by atoms with Gasteiger partial charge in [0, 0.05) is 5.69 Å². The van der Waals surface area contributed by atoms with Crippen LogP contribution in [0.15, 0.2) is 72.8 Å². The van der Waals surface area contributed by atoms with E-state index in [4.69, 9.17) is 5.73 Å². The second kappa shape index (κ2) is 5.62. The van der Waals surface area contributed by atoms with Crippen LogP contribution in [-0.4, -0.2) is 0 Å². The van der Waals surface area contributed by atoms with Crippen LogP contribution in [0.5, 0.6) is 0 Å². The number of hydrogen-bond donors (Lipinski definition) is 1. The Labute approximate surface area is 119 Å². The Hall–Kier alpha value is -2.54. The highest BCUT2D eigenvalue weighted by Crippen LogP contribution is 2.09. The van der Waals surface area contributed by atoms with Gasteiger partial charge in [-0.15, -0.1) is 0 Å². The van der Waals surface area contributed by atoms with E-state index in [1.165, 1.54) is 21.6 Å². The lowest BCUT2D eigenvalue weighted by molar-refractivity contribution is 1.35. The van der Waals surface area contributed by atoms with Gasteiger partial charge in [0.2, 0.25) is 0 Å². The molecule has 1 heteroatoms. The maximum Gasteiger partial charge on any atom is 0.0314 e. The molecule has 2 aromatic rings. The van der Waals surface area contributed by atoms with E-state index < -0.39 is 0 Å². The molecule has 0 unspecified atom stereocenters. The molecule has 3 rings (SSSR count). The van der Waals surface area contributed by atoms with Crippen molar-refractivity contribution in [1.29, 1.82) is 0 Å². The van der Waals surface area contributed by atoms with Crippen molar-refractivity contribution in [2.24, 2.45) is 0 Å². The Balaban J connectivity index is 2.18. The zero-order valence-corrected chi connectivity index (χ0v) is 11.3. The lowest BCUT2D eigenvalue weighted by Gasteiger charge is -2.03. The van der Waals surface area contributed by atoms with Gasteiger partial charge in [-0.1, -0.05) is 60.7 Å². The summed E-state index contributed by atoms with van der Waals surface area (Å²) in [7, 11) is 0. The quantitative estimate of drug-likeness (QED) is 0.783. The van der Waals surface area contributed by atoms with Crippen molar-refractivity contribution >= 4 is 17.3 Å². The van der Waals surface area contributed by atoms with Crippen LogP contribution in [0.1, 0.15) is 12.0 Å². The van der Waals surface area contributed by atoms with Crippen LogP contribution < -0.4 is 16.2 Å². The van der Waals surface area contributed by atoms with Gasteiger partial charge in [0.1, 0.15) is 0 Å². The minimum Gasteiger partial charge on any atom is -0.399 e. The second-order valence-electron chi connectivity index (χ2n) is 4.91. The Morgan fingerprint density at radius 2 is 1.70 bits per heavy atom. The van der Waals surface area contributed by atoms with Gasteiger partial charge in [-0.05, 0) is 46.2 Å². The average molecular weight is 259 g/mol. The molecule has 0 saturated carbocycles. The first kappa shape index (κ1) is 12.5. The van der Waals surface area contributed by atoms with Gasteiger partial charge in [0.25, 0.3) is 0 Å². The number of nitrogens with two attached hydrogens (primary N) is 1. The highest BCUT2D eigenvalue weighted by atomic mass is 14.5. The Morgan fingerprint density at radius 1 is 0.900 bits per heavy atom. The van der Waals surface area contributed by atoms with E-state index in [2.05, 4.69) is 54.6 Å². The molecule has 0 aliphatic heterocycles. The first-order chi connectivity index (χ1) is 9.83. The first-order valence-electron chi connectivity index (χ1n) is 6.82. The van der Waals surface area contributed by atoms with Crippen molar-refractivity contribution < 1.29 is 0 Å². The minimum atomic E-state index is 0.796. The third kappa shape index (κ3) is 2.72. The van der Waals surface area contributed by atoms with E-state index in [0.717, 1.165) is 12.1 Å². The van der Waals surface area contributed by atoms with E-state index in [1.54, 1.807) is 0 Å². The van der Waals surface area contributed by atoms with Gasteiger partial charge in [0.05, 0.1) is 0 Å². The Bertz CT molecular complexity index is 777. The maximum absolute atomic E-state index is 5.73. The summed E-state index contributed by atoms with van der Waals surface area (Å²) in [6.45, 7) is 0. The molecule has 1 aliphatic rings. The number of rotatable bonds is 1. The lowest BCUT2D eigenvalue weighted by atomic mass is 10.0. The van der Waals surface area contributed by atoms with Gasteiger partial charge in [-0.3, -0.25) is 0 Å². The zero-order valence-electron chi connectivity index (χ0n) is 11.3. The minimum absolute atomic E-state index is 0.796. The zero-order chi connectivity index (χ0) is 13.8. The van der Waals surface area contributed by atoms with Crippen LogP contribution in [0.3, 0.4) is 0 Å². The number of allylic oxidation sites excluding steroid dienone is 4. The topological polar surface area (TPSA) is 26.0 Å². The Kier molecular flexibility index (Phi) is 3.51. The molecule has 0 radical (unpaired) electrons. The summed E-state index contributed by atoms with van der Waals surface area (Å²) in [5.74, 6) is 0. The molecule has 2 aromatic carbocycles. The summed E-state index contributed by atoms with van der Waals surface area (Å²) in [5, 5.41) is 2.54. The molecular formula is C19H17N. The van der Waals surface area contributed by atoms with Crippen molar-refractivity contribution in [2.45, 2.75) is 6.42 Å².